The van der Waals surface area contributed by atoms with Crippen molar-refractivity contribution in [3.05, 3.63) is 52.0 Å². The van der Waals surface area contributed by atoms with Crippen LogP contribution in [0.3, 0.4) is 0 Å². The highest BCUT2D eigenvalue weighted by atomic mass is 79.9. The van der Waals surface area contributed by atoms with Gasteiger partial charge in [-0.05, 0) is 63.1 Å². The van der Waals surface area contributed by atoms with Crippen molar-refractivity contribution in [3.8, 4) is 11.5 Å². The van der Waals surface area contributed by atoms with Crippen LogP contribution in [0, 0.1) is 0 Å². The van der Waals surface area contributed by atoms with Crippen molar-refractivity contribution in [2.24, 2.45) is 0 Å². The van der Waals surface area contributed by atoms with Crippen LogP contribution in [0.15, 0.2) is 40.9 Å². The van der Waals surface area contributed by atoms with Crippen LogP contribution in [0.25, 0.3) is 0 Å². The summed E-state index contributed by atoms with van der Waals surface area (Å²) in [6, 6.07) is 10.4. The molecule has 0 aromatic heterocycles. The number of hydrogen-bond acceptors (Lipinski definition) is 5. The molecule has 2 aromatic rings. The van der Waals surface area contributed by atoms with Crippen molar-refractivity contribution < 1.29 is 23.8 Å². The average molecular weight is 479 g/mol. The number of methoxy groups -OCH3 is 2. The van der Waals surface area contributed by atoms with Crippen LogP contribution >= 0.6 is 15.9 Å². The summed E-state index contributed by atoms with van der Waals surface area (Å²) >= 11 is 3.52. The first-order valence-corrected chi connectivity index (χ1v) is 10.2. The predicted octanol–water partition coefficient (Wildman–Crippen LogP) is 4.79. The molecule has 162 valence electrons. The van der Waals surface area contributed by atoms with E-state index < -0.39 is 11.7 Å². The van der Waals surface area contributed by atoms with E-state index in [2.05, 4.69) is 26.6 Å². The monoisotopic (exact) mass is 478 g/mol. The van der Waals surface area contributed by atoms with Gasteiger partial charge in [0.15, 0.2) is 11.5 Å². The van der Waals surface area contributed by atoms with Crippen LogP contribution in [-0.2, 0) is 11.2 Å². The molecule has 0 aliphatic heterocycles. The molecule has 30 heavy (non-hydrogen) atoms. The van der Waals surface area contributed by atoms with Crippen molar-refractivity contribution in [2.75, 3.05) is 26.1 Å². The quantitative estimate of drug-likeness (QED) is 0.597. The van der Waals surface area contributed by atoms with Crippen molar-refractivity contribution in [1.29, 1.82) is 0 Å². The van der Waals surface area contributed by atoms with Gasteiger partial charge in [0, 0.05) is 22.3 Å². The summed E-state index contributed by atoms with van der Waals surface area (Å²) in [4.78, 5) is 24.4. The number of halogens is 1. The standard InChI is InChI=1S/C22H27BrN2O5/c1-22(2,3)30-21(27)25-16-8-6-7-15(11-16)20(26)24-10-9-14-12-18(28-4)19(29-5)13-17(14)23/h6-8,11-13H,9-10H2,1-5H3,(H,24,26)(H,25,27). The van der Waals surface area contributed by atoms with Gasteiger partial charge in [-0.15, -0.1) is 0 Å². The molecule has 0 aliphatic carbocycles. The van der Waals surface area contributed by atoms with Gasteiger partial charge in [-0.1, -0.05) is 22.0 Å². The van der Waals surface area contributed by atoms with Gasteiger partial charge >= 0.3 is 6.09 Å². The molecule has 0 saturated heterocycles. The maximum atomic E-state index is 12.5. The molecular weight excluding hydrogens is 452 g/mol. The second-order valence-electron chi connectivity index (χ2n) is 7.51. The highest BCUT2D eigenvalue weighted by Crippen LogP contribution is 2.33. The van der Waals surface area contributed by atoms with E-state index in [9.17, 15) is 9.59 Å². The molecule has 0 heterocycles. The van der Waals surface area contributed by atoms with Gasteiger partial charge in [-0.25, -0.2) is 4.79 Å². The summed E-state index contributed by atoms with van der Waals surface area (Å²) in [6.45, 7) is 5.78. The summed E-state index contributed by atoms with van der Waals surface area (Å²) < 4.78 is 16.7. The topological polar surface area (TPSA) is 85.9 Å². The number of nitrogens with one attached hydrogen (secondary N) is 2. The molecular formula is C22H27BrN2O5. The number of anilines is 1. The van der Waals surface area contributed by atoms with Crippen molar-refractivity contribution in [3.63, 3.8) is 0 Å². The number of amides is 2. The van der Waals surface area contributed by atoms with Crippen LogP contribution in [0.2, 0.25) is 0 Å². The molecule has 0 atom stereocenters. The fourth-order valence-corrected chi connectivity index (χ4v) is 3.18. The second-order valence-corrected chi connectivity index (χ2v) is 8.37. The normalized spacial score (nSPS) is 10.9. The minimum absolute atomic E-state index is 0.237. The minimum Gasteiger partial charge on any atom is -0.493 e. The van der Waals surface area contributed by atoms with E-state index in [1.165, 1.54) is 0 Å². The number of carbonyl (C=O) groups excluding carboxylic acids is 2. The fourth-order valence-electron chi connectivity index (χ4n) is 2.66. The van der Waals surface area contributed by atoms with Gasteiger partial charge in [0.25, 0.3) is 5.91 Å². The first-order chi connectivity index (χ1) is 14.1. The van der Waals surface area contributed by atoms with Gasteiger partial charge in [-0.2, -0.15) is 0 Å². The van der Waals surface area contributed by atoms with Crippen molar-refractivity contribution in [2.45, 2.75) is 32.8 Å². The predicted molar refractivity (Wildman–Crippen MR) is 120 cm³/mol. The van der Waals surface area contributed by atoms with Gasteiger partial charge in [0.05, 0.1) is 14.2 Å². The molecule has 0 unspecified atom stereocenters. The Labute approximate surface area is 185 Å². The largest absolute Gasteiger partial charge is 0.493 e. The van der Waals surface area contributed by atoms with Gasteiger partial charge < -0.3 is 19.5 Å². The third-order valence-electron chi connectivity index (χ3n) is 4.00. The smallest absolute Gasteiger partial charge is 0.412 e. The van der Waals surface area contributed by atoms with Crippen molar-refractivity contribution >= 4 is 33.6 Å². The van der Waals surface area contributed by atoms with Gasteiger partial charge in [-0.3, -0.25) is 10.1 Å². The van der Waals surface area contributed by atoms with Crippen LogP contribution < -0.4 is 20.1 Å². The SMILES string of the molecule is COc1cc(Br)c(CCNC(=O)c2cccc(NC(=O)OC(C)(C)C)c2)cc1OC. The van der Waals surface area contributed by atoms with E-state index in [4.69, 9.17) is 14.2 Å². The summed E-state index contributed by atoms with van der Waals surface area (Å²) in [5.41, 5.74) is 1.31. The lowest BCUT2D eigenvalue weighted by Crippen LogP contribution is -2.28. The van der Waals surface area contributed by atoms with E-state index in [0.29, 0.717) is 35.7 Å². The van der Waals surface area contributed by atoms with E-state index in [1.54, 1.807) is 59.3 Å². The van der Waals surface area contributed by atoms with Crippen LogP contribution in [0.1, 0.15) is 36.7 Å². The zero-order valence-corrected chi connectivity index (χ0v) is 19.4. The van der Waals surface area contributed by atoms with Gasteiger partial charge in [0.1, 0.15) is 5.60 Å². The molecule has 7 nitrogen and oxygen atoms in total. The second kappa shape index (κ2) is 10.3. The lowest BCUT2D eigenvalue weighted by atomic mass is 10.1. The molecule has 2 rings (SSSR count). The molecule has 0 saturated carbocycles. The summed E-state index contributed by atoms with van der Waals surface area (Å²) in [5, 5.41) is 5.52. The first kappa shape index (κ1) is 23.5. The van der Waals surface area contributed by atoms with Crippen LogP contribution in [0.4, 0.5) is 10.5 Å². The summed E-state index contributed by atoms with van der Waals surface area (Å²) in [6.07, 6.45) is 0.0288. The summed E-state index contributed by atoms with van der Waals surface area (Å²) in [7, 11) is 3.16. The molecule has 2 N–H and O–H groups in total. The van der Waals surface area contributed by atoms with Crippen LogP contribution in [-0.4, -0.2) is 38.4 Å². The Morgan fingerprint density at radius 3 is 2.33 bits per heavy atom. The Kier molecular flexibility index (Phi) is 8.11. The zero-order valence-electron chi connectivity index (χ0n) is 17.8. The molecule has 2 amide bonds. The molecule has 0 spiro atoms. The first-order valence-electron chi connectivity index (χ1n) is 9.41. The fraction of sp³-hybridized carbons (Fsp3) is 0.364. The molecule has 0 bridgehead atoms. The number of rotatable bonds is 7. The van der Waals surface area contributed by atoms with E-state index in [0.717, 1.165) is 10.0 Å². The number of ether oxygens (including phenoxy) is 3. The molecule has 0 fully saturated rings. The maximum absolute atomic E-state index is 12.5. The number of benzene rings is 2. The van der Waals surface area contributed by atoms with E-state index in [-0.39, 0.29) is 5.91 Å². The van der Waals surface area contributed by atoms with Crippen LogP contribution in [0.5, 0.6) is 11.5 Å². The maximum Gasteiger partial charge on any atom is 0.412 e. The Hall–Kier alpha value is -2.74. The molecule has 0 aliphatic rings. The summed E-state index contributed by atoms with van der Waals surface area (Å²) in [5.74, 6) is 1.02. The Morgan fingerprint density at radius 2 is 1.70 bits per heavy atom. The molecule has 8 heteroatoms. The Bertz CT molecular complexity index is 909. The molecule has 0 radical (unpaired) electrons. The van der Waals surface area contributed by atoms with E-state index >= 15 is 0 Å². The third kappa shape index (κ3) is 6.95. The minimum atomic E-state index is -0.600. The lowest BCUT2D eigenvalue weighted by Gasteiger charge is -2.19. The highest BCUT2D eigenvalue weighted by molar-refractivity contribution is 9.10. The zero-order chi connectivity index (χ0) is 22.3. The Balaban J connectivity index is 1.97. The van der Waals surface area contributed by atoms with Crippen molar-refractivity contribution in [1.82, 2.24) is 5.32 Å². The average Bonchev–Trinajstić information content (AvgIpc) is 2.67. The molecule has 2 aromatic carbocycles. The highest BCUT2D eigenvalue weighted by Gasteiger charge is 2.17. The number of carbonyl (C=O) groups is 2. The van der Waals surface area contributed by atoms with E-state index in [1.807, 2.05) is 12.1 Å². The Morgan fingerprint density at radius 1 is 1.03 bits per heavy atom. The number of hydrogen-bond donors (Lipinski definition) is 2. The lowest BCUT2D eigenvalue weighted by molar-refractivity contribution is 0.0635. The van der Waals surface area contributed by atoms with Gasteiger partial charge in [0.2, 0.25) is 0 Å². The third-order valence-corrected chi connectivity index (χ3v) is 4.74.